The lowest BCUT2D eigenvalue weighted by Gasteiger charge is -2.36. The van der Waals surface area contributed by atoms with Gasteiger partial charge in [-0.15, -0.1) is 0 Å². The largest absolute Gasteiger partial charge is 0.244 e. The monoisotopic (exact) mass is 417 g/mol. The van der Waals surface area contributed by atoms with Gasteiger partial charge in [0, 0.05) is 5.41 Å². The van der Waals surface area contributed by atoms with E-state index in [1.54, 1.807) is 0 Å². The molecule has 0 fully saturated rings. The number of rotatable bonds is 13. The van der Waals surface area contributed by atoms with E-state index in [1.165, 1.54) is 56.1 Å². The molecular formula is C29H41N2+. The highest BCUT2D eigenvalue weighted by atomic mass is 15.1. The summed E-state index contributed by atoms with van der Waals surface area (Å²) in [4.78, 5) is 0. The van der Waals surface area contributed by atoms with Crippen LogP contribution in [0, 0.1) is 0 Å². The smallest absolute Gasteiger partial charge is 0.237 e. The molecule has 2 atom stereocenters. The van der Waals surface area contributed by atoms with Crippen molar-refractivity contribution in [3.63, 3.8) is 0 Å². The normalized spacial score (nSPS) is 14.3. The van der Waals surface area contributed by atoms with Gasteiger partial charge in [0.25, 0.3) is 0 Å². The summed E-state index contributed by atoms with van der Waals surface area (Å²) in [5.41, 5.74) is 2.87. The molecule has 0 radical (unpaired) electrons. The summed E-state index contributed by atoms with van der Waals surface area (Å²) in [5, 5.41) is 0. The van der Waals surface area contributed by atoms with Crippen molar-refractivity contribution >= 4 is 0 Å². The van der Waals surface area contributed by atoms with Crippen molar-refractivity contribution in [3.8, 4) is 0 Å². The van der Waals surface area contributed by atoms with Crippen LogP contribution in [0.2, 0.25) is 0 Å². The summed E-state index contributed by atoms with van der Waals surface area (Å²) in [6.45, 7) is 8.17. The predicted molar refractivity (Wildman–Crippen MR) is 131 cm³/mol. The third kappa shape index (κ3) is 6.32. The van der Waals surface area contributed by atoms with Crippen LogP contribution in [0.5, 0.6) is 0 Å². The Morgan fingerprint density at radius 1 is 0.839 bits per heavy atom. The first-order valence-corrected chi connectivity index (χ1v) is 12.3. The van der Waals surface area contributed by atoms with Gasteiger partial charge in [-0.05, 0) is 43.2 Å². The van der Waals surface area contributed by atoms with E-state index in [9.17, 15) is 0 Å². The topological polar surface area (TPSA) is 8.81 Å². The van der Waals surface area contributed by atoms with E-state index >= 15 is 0 Å². The average Bonchev–Trinajstić information content (AvgIpc) is 3.27. The molecule has 0 aliphatic carbocycles. The van der Waals surface area contributed by atoms with Crippen molar-refractivity contribution in [2.75, 3.05) is 0 Å². The molecule has 2 aromatic carbocycles. The van der Waals surface area contributed by atoms with Gasteiger partial charge >= 0.3 is 0 Å². The standard InChI is InChI=1S/C29H41N2/c1-4-6-8-15-21-30-22-23-31(25-30)28(20-7-5-2)29(3,27-18-13-10-14-19-27)24-26-16-11-9-12-17-26/h9-14,16-19,22-23,25,28H,4-8,15,20-21,24H2,1-3H3/q+1. The number of nitrogens with zero attached hydrogens (tertiary/aromatic N) is 2. The number of aryl methyl sites for hydroxylation is 1. The molecule has 2 heteroatoms. The van der Waals surface area contributed by atoms with Crippen molar-refractivity contribution in [2.45, 2.75) is 90.1 Å². The minimum Gasteiger partial charge on any atom is -0.237 e. The number of hydrogen-bond acceptors (Lipinski definition) is 0. The van der Waals surface area contributed by atoms with Gasteiger partial charge in [-0.1, -0.05) is 101 Å². The molecule has 2 unspecified atom stereocenters. The molecule has 0 saturated heterocycles. The molecular weight excluding hydrogens is 376 g/mol. The summed E-state index contributed by atoms with van der Waals surface area (Å²) < 4.78 is 4.90. The van der Waals surface area contributed by atoms with Crippen LogP contribution >= 0.6 is 0 Å². The number of hydrogen-bond donors (Lipinski definition) is 0. The average molecular weight is 418 g/mol. The van der Waals surface area contributed by atoms with Gasteiger partial charge in [0.1, 0.15) is 18.4 Å². The van der Waals surface area contributed by atoms with E-state index in [2.05, 4.69) is 109 Å². The van der Waals surface area contributed by atoms with Crippen LogP contribution in [0.1, 0.15) is 82.9 Å². The van der Waals surface area contributed by atoms with Gasteiger partial charge < -0.3 is 0 Å². The Hall–Kier alpha value is -2.35. The van der Waals surface area contributed by atoms with E-state index in [0.29, 0.717) is 6.04 Å². The van der Waals surface area contributed by atoms with Crippen molar-refractivity contribution in [1.82, 2.24) is 4.57 Å². The van der Waals surface area contributed by atoms with Gasteiger partial charge in [0.15, 0.2) is 0 Å². The van der Waals surface area contributed by atoms with E-state index in [-0.39, 0.29) is 5.41 Å². The van der Waals surface area contributed by atoms with E-state index in [4.69, 9.17) is 0 Å². The first kappa shape index (κ1) is 23.3. The Morgan fingerprint density at radius 2 is 1.52 bits per heavy atom. The van der Waals surface area contributed by atoms with Crippen LogP contribution in [0.4, 0.5) is 0 Å². The fourth-order valence-electron chi connectivity index (χ4n) is 4.89. The lowest BCUT2D eigenvalue weighted by Crippen LogP contribution is -2.38. The van der Waals surface area contributed by atoms with Gasteiger partial charge in [-0.25, -0.2) is 9.13 Å². The highest BCUT2D eigenvalue weighted by molar-refractivity contribution is 5.30. The Morgan fingerprint density at radius 3 is 2.19 bits per heavy atom. The number of unbranched alkanes of at least 4 members (excludes halogenated alkanes) is 4. The lowest BCUT2D eigenvalue weighted by molar-refractivity contribution is -0.697. The van der Waals surface area contributed by atoms with E-state index < -0.39 is 0 Å². The second kappa shape index (κ2) is 11.9. The number of benzene rings is 2. The van der Waals surface area contributed by atoms with Crippen molar-refractivity contribution < 1.29 is 4.57 Å². The number of imidazole rings is 1. The predicted octanol–water partition coefficient (Wildman–Crippen LogP) is 7.29. The minimum absolute atomic E-state index is 0.0246. The fourth-order valence-corrected chi connectivity index (χ4v) is 4.89. The Bertz CT molecular complexity index is 868. The van der Waals surface area contributed by atoms with Crippen LogP contribution < -0.4 is 4.57 Å². The zero-order valence-electron chi connectivity index (χ0n) is 19.8. The highest BCUT2D eigenvalue weighted by Gasteiger charge is 2.40. The lowest BCUT2D eigenvalue weighted by atomic mass is 9.70. The molecule has 0 aliphatic heterocycles. The summed E-state index contributed by atoms with van der Waals surface area (Å²) in [6, 6.07) is 22.6. The Kier molecular flexibility index (Phi) is 8.94. The molecule has 1 heterocycles. The molecule has 0 aliphatic rings. The first-order valence-electron chi connectivity index (χ1n) is 12.3. The maximum absolute atomic E-state index is 2.51. The zero-order valence-corrected chi connectivity index (χ0v) is 19.8. The van der Waals surface area contributed by atoms with Crippen LogP contribution in [0.3, 0.4) is 0 Å². The molecule has 31 heavy (non-hydrogen) atoms. The van der Waals surface area contributed by atoms with Gasteiger partial charge in [0.2, 0.25) is 6.33 Å². The highest BCUT2D eigenvalue weighted by Crippen LogP contribution is 2.41. The minimum atomic E-state index is 0.0246. The first-order chi connectivity index (χ1) is 15.2. The molecule has 0 amide bonds. The summed E-state index contributed by atoms with van der Waals surface area (Å²) in [5.74, 6) is 0. The van der Waals surface area contributed by atoms with Crippen LogP contribution in [0.25, 0.3) is 0 Å². The van der Waals surface area contributed by atoms with Crippen LogP contribution in [0.15, 0.2) is 79.4 Å². The molecule has 166 valence electrons. The van der Waals surface area contributed by atoms with Gasteiger partial charge in [-0.3, -0.25) is 0 Å². The van der Waals surface area contributed by atoms with Crippen molar-refractivity contribution in [1.29, 1.82) is 0 Å². The van der Waals surface area contributed by atoms with E-state index in [0.717, 1.165) is 13.0 Å². The second-order valence-corrected chi connectivity index (χ2v) is 9.26. The molecule has 0 N–H and O–H groups in total. The van der Waals surface area contributed by atoms with E-state index in [1.807, 2.05) is 0 Å². The number of aromatic nitrogens is 2. The van der Waals surface area contributed by atoms with Crippen LogP contribution in [-0.2, 0) is 18.4 Å². The molecule has 2 nitrogen and oxygen atoms in total. The second-order valence-electron chi connectivity index (χ2n) is 9.26. The van der Waals surface area contributed by atoms with Crippen molar-refractivity contribution in [3.05, 3.63) is 90.5 Å². The summed E-state index contributed by atoms with van der Waals surface area (Å²) in [7, 11) is 0. The fraction of sp³-hybridized carbons (Fsp3) is 0.483. The molecule has 0 spiro atoms. The zero-order chi connectivity index (χ0) is 21.9. The SMILES string of the molecule is CCCCCC[n+]1ccn(C(CCCC)C(C)(Cc2ccccc2)c2ccccc2)c1. The Balaban J connectivity index is 1.93. The molecule has 0 saturated carbocycles. The summed E-state index contributed by atoms with van der Waals surface area (Å²) in [6.07, 6.45) is 16.9. The van der Waals surface area contributed by atoms with Crippen LogP contribution in [-0.4, -0.2) is 4.57 Å². The maximum atomic E-state index is 2.51. The van der Waals surface area contributed by atoms with Gasteiger partial charge in [-0.2, -0.15) is 0 Å². The Labute approximate surface area is 190 Å². The molecule has 0 bridgehead atoms. The maximum Gasteiger partial charge on any atom is 0.244 e. The third-order valence-corrected chi connectivity index (χ3v) is 6.76. The molecule has 3 rings (SSSR count). The third-order valence-electron chi connectivity index (χ3n) is 6.76. The van der Waals surface area contributed by atoms with Gasteiger partial charge in [0.05, 0.1) is 6.54 Å². The summed E-state index contributed by atoms with van der Waals surface area (Å²) >= 11 is 0. The molecule has 3 aromatic rings. The molecule has 1 aromatic heterocycles. The van der Waals surface area contributed by atoms with Crippen molar-refractivity contribution in [2.24, 2.45) is 0 Å². The quantitative estimate of drug-likeness (QED) is 0.204.